The Kier molecular flexibility index (Phi) is 3.56. The predicted molar refractivity (Wildman–Crippen MR) is 77.9 cm³/mol. The number of carboxylic acids is 1. The zero-order valence-corrected chi connectivity index (χ0v) is 11.8. The first-order valence-corrected chi connectivity index (χ1v) is 6.89. The van der Waals surface area contributed by atoms with Crippen molar-refractivity contribution in [3.63, 3.8) is 0 Å². The quantitative estimate of drug-likeness (QED) is 0.884. The molecule has 2 aromatic rings. The lowest BCUT2D eigenvalue weighted by molar-refractivity contribution is 0.0697. The smallest absolute Gasteiger partial charge is 0.337 e. The van der Waals surface area contributed by atoms with Crippen LogP contribution in [0.25, 0.3) is 0 Å². The number of carboxylic acid groups (broad SMARTS) is 1. The second kappa shape index (κ2) is 5.52. The largest absolute Gasteiger partial charge is 0.497 e. The molecule has 0 bridgehead atoms. The number of methoxy groups -OCH3 is 1. The summed E-state index contributed by atoms with van der Waals surface area (Å²) in [6, 6.07) is 9.14. The normalized spacial score (nSPS) is 14.0. The molecule has 110 valence electrons. The van der Waals surface area contributed by atoms with E-state index >= 15 is 0 Å². The van der Waals surface area contributed by atoms with Crippen molar-refractivity contribution in [3.05, 3.63) is 47.9 Å². The van der Waals surface area contributed by atoms with Crippen LogP contribution >= 0.6 is 0 Å². The predicted octanol–water partition coefficient (Wildman–Crippen LogP) is 3.16. The van der Waals surface area contributed by atoms with E-state index in [0.29, 0.717) is 24.0 Å². The van der Waals surface area contributed by atoms with Crippen LogP contribution < -0.4 is 9.64 Å². The van der Waals surface area contributed by atoms with Gasteiger partial charge >= 0.3 is 5.97 Å². The van der Waals surface area contributed by atoms with Gasteiger partial charge in [-0.2, -0.15) is 0 Å². The summed E-state index contributed by atoms with van der Waals surface area (Å²) in [6.45, 7) is 0.561. The Balaban J connectivity index is 1.99. The first kappa shape index (κ1) is 13.5. The van der Waals surface area contributed by atoms with Gasteiger partial charge in [-0.05, 0) is 37.1 Å². The molecule has 0 saturated heterocycles. The lowest BCUT2D eigenvalue weighted by atomic mass is 10.1. The van der Waals surface area contributed by atoms with E-state index in [1.807, 2.05) is 12.1 Å². The van der Waals surface area contributed by atoms with Gasteiger partial charge < -0.3 is 19.2 Å². The fourth-order valence-electron chi connectivity index (χ4n) is 2.42. The third-order valence-electron chi connectivity index (χ3n) is 3.64. The number of ether oxygens (including phenoxy) is 1. The fraction of sp³-hybridized carbons (Fsp3) is 0.312. The summed E-state index contributed by atoms with van der Waals surface area (Å²) in [6.07, 6.45) is 3.76. The fourth-order valence-corrected chi connectivity index (χ4v) is 2.42. The second-order valence-electron chi connectivity index (χ2n) is 5.13. The minimum absolute atomic E-state index is 0.286. The van der Waals surface area contributed by atoms with E-state index in [9.17, 15) is 9.90 Å². The maximum absolute atomic E-state index is 11.5. The average molecular weight is 287 g/mol. The maximum atomic E-state index is 11.5. The molecule has 21 heavy (non-hydrogen) atoms. The number of hydrogen-bond acceptors (Lipinski definition) is 4. The number of nitrogens with zero attached hydrogens (tertiary/aromatic N) is 1. The van der Waals surface area contributed by atoms with Crippen LogP contribution in [-0.2, 0) is 6.54 Å². The highest BCUT2D eigenvalue weighted by molar-refractivity contribution is 5.95. The molecule has 1 aromatic carbocycles. The van der Waals surface area contributed by atoms with Crippen LogP contribution in [0.3, 0.4) is 0 Å². The molecule has 0 amide bonds. The summed E-state index contributed by atoms with van der Waals surface area (Å²) in [5.41, 5.74) is 0.968. The van der Waals surface area contributed by atoms with Gasteiger partial charge in [-0.25, -0.2) is 4.79 Å². The van der Waals surface area contributed by atoms with Crippen LogP contribution in [0.5, 0.6) is 5.75 Å². The standard InChI is InChI=1S/C16H17NO4/c1-20-12-6-7-14(16(18)19)15(9-12)17(11-4-5-11)10-13-3-2-8-21-13/h2-3,6-9,11H,4-5,10H2,1H3,(H,18,19). The van der Waals surface area contributed by atoms with E-state index in [4.69, 9.17) is 9.15 Å². The number of carbonyl (C=O) groups is 1. The van der Waals surface area contributed by atoms with Crippen molar-refractivity contribution in [2.24, 2.45) is 0 Å². The Morgan fingerprint density at radius 3 is 2.81 bits per heavy atom. The molecule has 0 radical (unpaired) electrons. The van der Waals surface area contributed by atoms with E-state index in [1.165, 1.54) is 0 Å². The third-order valence-corrected chi connectivity index (χ3v) is 3.64. The summed E-state index contributed by atoms with van der Waals surface area (Å²) in [5.74, 6) is 0.541. The molecule has 5 heteroatoms. The van der Waals surface area contributed by atoms with Crippen molar-refractivity contribution in [2.45, 2.75) is 25.4 Å². The summed E-state index contributed by atoms with van der Waals surface area (Å²) >= 11 is 0. The first-order valence-electron chi connectivity index (χ1n) is 6.89. The SMILES string of the molecule is COc1ccc(C(=O)O)c(N(Cc2ccco2)C2CC2)c1. The highest BCUT2D eigenvalue weighted by Gasteiger charge is 2.32. The Hall–Kier alpha value is -2.43. The Labute approximate surface area is 122 Å². The van der Waals surface area contributed by atoms with Gasteiger partial charge in [0.25, 0.3) is 0 Å². The van der Waals surface area contributed by atoms with Crippen LogP contribution in [0.15, 0.2) is 41.0 Å². The van der Waals surface area contributed by atoms with Gasteiger partial charge in [0.15, 0.2) is 0 Å². The van der Waals surface area contributed by atoms with Crippen molar-refractivity contribution < 1.29 is 19.1 Å². The van der Waals surface area contributed by atoms with Crippen LogP contribution in [0.4, 0.5) is 5.69 Å². The minimum Gasteiger partial charge on any atom is -0.497 e. The average Bonchev–Trinajstić information content (AvgIpc) is 3.20. The van der Waals surface area contributed by atoms with Gasteiger partial charge in [0, 0.05) is 12.1 Å². The zero-order chi connectivity index (χ0) is 14.8. The number of aromatic carboxylic acids is 1. The molecule has 3 rings (SSSR count). The Bertz CT molecular complexity index is 632. The molecule has 1 N–H and O–H groups in total. The van der Waals surface area contributed by atoms with E-state index in [-0.39, 0.29) is 5.56 Å². The molecular weight excluding hydrogens is 270 g/mol. The van der Waals surface area contributed by atoms with E-state index < -0.39 is 5.97 Å². The molecule has 1 fully saturated rings. The summed E-state index contributed by atoms with van der Waals surface area (Å²) in [7, 11) is 1.58. The number of furan rings is 1. The van der Waals surface area contributed by atoms with E-state index in [2.05, 4.69) is 4.90 Å². The second-order valence-corrected chi connectivity index (χ2v) is 5.13. The van der Waals surface area contributed by atoms with Gasteiger partial charge in [0.05, 0.1) is 31.2 Å². The summed E-state index contributed by atoms with van der Waals surface area (Å²) in [4.78, 5) is 13.6. The van der Waals surface area contributed by atoms with Crippen LogP contribution in [0.2, 0.25) is 0 Å². The first-order chi connectivity index (χ1) is 10.2. The monoisotopic (exact) mass is 287 g/mol. The third kappa shape index (κ3) is 2.86. The molecule has 0 spiro atoms. The van der Waals surface area contributed by atoms with Crippen molar-refractivity contribution in [1.29, 1.82) is 0 Å². The minimum atomic E-state index is -0.933. The van der Waals surface area contributed by atoms with Gasteiger partial charge in [-0.3, -0.25) is 0 Å². The number of anilines is 1. The maximum Gasteiger partial charge on any atom is 0.337 e. The van der Waals surface area contributed by atoms with Gasteiger partial charge in [0.1, 0.15) is 11.5 Å². The summed E-state index contributed by atoms with van der Waals surface area (Å²) < 4.78 is 10.6. The number of rotatable bonds is 6. The summed E-state index contributed by atoms with van der Waals surface area (Å²) in [5, 5.41) is 9.42. The van der Waals surface area contributed by atoms with Gasteiger partial charge in [-0.1, -0.05) is 0 Å². The molecule has 0 unspecified atom stereocenters. The van der Waals surface area contributed by atoms with Crippen LogP contribution in [-0.4, -0.2) is 24.2 Å². The highest BCUT2D eigenvalue weighted by atomic mass is 16.5. The molecule has 5 nitrogen and oxygen atoms in total. The van der Waals surface area contributed by atoms with Crippen LogP contribution in [0, 0.1) is 0 Å². The zero-order valence-electron chi connectivity index (χ0n) is 11.8. The highest BCUT2D eigenvalue weighted by Crippen LogP contribution is 2.36. The van der Waals surface area contributed by atoms with Crippen molar-refractivity contribution in [3.8, 4) is 5.75 Å². The van der Waals surface area contributed by atoms with Crippen molar-refractivity contribution >= 4 is 11.7 Å². The molecule has 1 aromatic heterocycles. The molecule has 0 atom stereocenters. The topological polar surface area (TPSA) is 62.9 Å². The molecule has 0 aliphatic heterocycles. The van der Waals surface area contributed by atoms with Crippen molar-refractivity contribution in [2.75, 3.05) is 12.0 Å². The number of benzene rings is 1. The number of hydrogen-bond donors (Lipinski definition) is 1. The lowest BCUT2D eigenvalue weighted by Crippen LogP contribution is -2.26. The molecular formula is C16H17NO4. The lowest BCUT2D eigenvalue weighted by Gasteiger charge is -2.25. The van der Waals surface area contributed by atoms with E-state index in [1.54, 1.807) is 31.6 Å². The Morgan fingerprint density at radius 1 is 1.43 bits per heavy atom. The molecule has 1 aliphatic rings. The van der Waals surface area contributed by atoms with E-state index in [0.717, 1.165) is 18.6 Å². The molecule has 1 saturated carbocycles. The van der Waals surface area contributed by atoms with Gasteiger partial charge in [-0.15, -0.1) is 0 Å². The Morgan fingerprint density at radius 2 is 2.24 bits per heavy atom. The molecule has 1 heterocycles. The van der Waals surface area contributed by atoms with Gasteiger partial charge in [0.2, 0.25) is 0 Å². The van der Waals surface area contributed by atoms with Crippen molar-refractivity contribution in [1.82, 2.24) is 0 Å². The van der Waals surface area contributed by atoms with Crippen LogP contribution in [0.1, 0.15) is 29.0 Å². The molecule has 1 aliphatic carbocycles.